The molecule has 5 heteroatoms. The van der Waals surface area contributed by atoms with Crippen molar-refractivity contribution in [2.45, 2.75) is 25.4 Å². The molecule has 20 heavy (non-hydrogen) atoms. The van der Waals surface area contributed by atoms with E-state index in [1.54, 1.807) is 0 Å². The molecule has 3 atom stereocenters. The van der Waals surface area contributed by atoms with Gasteiger partial charge in [0.15, 0.2) is 0 Å². The topological polar surface area (TPSA) is 69.4 Å². The zero-order valence-electron chi connectivity index (χ0n) is 10.9. The van der Waals surface area contributed by atoms with Crippen LogP contribution in [0.5, 0.6) is 0 Å². The van der Waals surface area contributed by atoms with E-state index in [0.717, 1.165) is 12.8 Å². The second kappa shape index (κ2) is 5.07. The van der Waals surface area contributed by atoms with Gasteiger partial charge in [0, 0.05) is 18.1 Å². The lowest BCUT2D eigenvalue weighted by atomic mass is 9.93. The van der Waals surface area contributed by atoms with Gasteiger partial charge in [-0.1, -0.05) is 6.08 Å². The van der Waals surface area contributed by atoms with Crippen LogP contribution in [0.1, 0.15) is 29.6 Å². The highest BCUT2D eigenvalue weighted by Gasteiger charge is 2.34. The third-order valence-electron chi connectivity index (χ3n) is 4.11. The van der Waals surface area contributed by atoms with Crippen LogP contribution < -0.4 is 0 Å². The molecule has 0 heterocycles. The van der Waals surface area contributed by atoms with Crippen molar-refractivity contribution in [2.24, 2.45) is 11.8 Å². The van der Waals surface area contributed by atoms with Gasteiger partial charge in [0.1, 0.15) is 6.10 Å². The number of benzene rings is 1. The molecular formula is C15H15NO4. The Labute approximate surface area is 116 Å². The maximum Gasteiger partial charge on any atom is 0.338 e. The quantitative estimate of drug-likeness (QED) is 0.367. The summed E-state index contributed by atoms with van der Waals surface area (Å²) in [5.74, 6) is 0.654. The van der Waals surface area contributed by atoms with Crippen LogP contribution in [0.25, 0.3) is 0 Å². The number of rotatable bonds is 3. The highest BCUT2D eigenvalue weighted by atomic mass is 16.6. The first-order chi connectivity index (χ1) is 9.63. The summed E-state index contributed by atoms with van der Waals surface area (Å²) in [7, 11) is 0. The first-order valence-electron chi connectivity index (χ1n) is 6.77. The van der Waals surface area contributed by atoms with Crippen LogP contribution in [0.3, 0.4) is 0 Å². The number of nitrogens with zero attached hydrogens (tertiary/aromatic N) is 1. The van der Waals surface area contributed by atoms with E-state index in [0.29, 0.717) is 17.4 Å². The van der Waals surface area contributed by atoms with Crippen molar-refractivity contribution >= 4 is 11.7 Å². The standard InChI is InChI=1S/C15H15NO4/c17-15(11-4-6-13(7-5-11)16(18)19)20-14-8-2-10-1-3-12(14)9-10/h2,4-8,10,12,14H,1,3,9H2/t10-,12+,14+/m1/s1. The molecule has 2 aliphatic rings. The Morgan fingerprint density at radius 2 is 1.95 bits per heavy atom. The molecule has 0 N–H and O–H groups in total. The van der Waals surface area contributed by atoms with Gasteiger partial charge in [-0.3, -0.25) is 10.1 Å². The van der Waals surface area contributed by atoms with Crippen molar-refractivity contribution in [1.29, 1.82) is 0 Å². The zero-order chi connectivity index (χ0) is 14.1. The molecule has 0 saturated heterocycles. The fourth-order valence-electron chi connectivity index (χ4n) is 3.00. The van der Waals surface area contributed by atoms with Crippen LogP contribution in [-0.4, -0.2) is 17.0 Å². The zero-order valence-corrected chi connectivity index (χ0v) is 10.9. The van der Waals surface area contributed by atoms with Crippen LogP contribution in [0, 0.1) is 22.0 Å². The first-order valence-corrected chi connectivity index (χ1v) is 6.77. The van der Waals surface area contributed by atoms with Crippen LogP contribution in [0.4, 0.5) is 5.69 Å². The molecule has 1 fully saturated rings. The summed E-state index contributed by atoms with van der Waals surface area (Å²) in [6, 6.07) is 5.51. The lowest BCUT2D eigenvalue weighted by molar-refractivity contribution is -0.384. The molecule has 1 saturated carbocycles. The first kappa shape index (κ1) is 12.8. The van der Waals surface area contributed by atoms with E-state index < -0.39 is 10.9 Å². The van der Waals surface area contributed by atoms with Crippen molar-refractivity contribution in [1.82, 2.24) is 0 Å². The van der Waals surface area contributed by atoms with E-state index >= 15 is 0 Å². The molecular weight excluding hydrogens is 258 g/mol. The molecule has 1 aromatic rings. The predicted molar refractivity (Wildman–Crippen MR) is 72.3 cm³/mol. The molecule has 104 valence electrons. The van der Waals surface area contributed by atoms with Gasteiger partial charge in [-0.2, -0.15) is 0 Å². The van der Waals surface area contributed by atoms with Crippen molar-refractivity contribution in [3.05, 3.63) is 52.1 Å². The van der Waals surface area contributed by atoms with E-state index in [1.165, 1.54) is 30.7 Å². The molecule has 0 aromatic heterocycles. The minimum absolute atomic E-state index is 0.0299. The number of ether oxygens (including phenoxy) is 1. The van der Waals surface area contributed by atoms with Crippen molar-refractivity contribution in [3.8, 4) is 0 Å². The Bertz CT molecular complexity index is 564. The van der Waals surface area contributed by atoms with Crippen LogP contribution in [-0.2, 0) is 4.74 Å². The monoisotopic (exact) mass is 273 g/mol. The second-order valence-corrected chi connectivity index (χ2v) is 5.39. The second-order valence-electron chi connectivity index (χ2n) is 5.39. The minimum Gasteiger partial charge on any atom is -0.454 e. The van der Waals surface area contributed by atoms with Crippen LogP contribution in [0.15, 0.2) is 36.4 Å². The summed E-state index contributed by atoms with van der Waals surface area (Å²) in [4.78, 5) is 22.1. The number of carbonyl (C=O) groups excluding carboxylic acids is 1. The SMILES string of the molecule is O=C(O[C@H]1C=C[C@H]2CC[C@H]1C2)c1ccc([N+](=O)[O-])cc1. The average molecular weight is 273 g/mol. The summed E-state index contributed by atoms with van der Waals surface area (Å²) in [6.45, 7) is 0. The van der Waals surface area contributed by atoms with E-state index in [2.05, 4.69) is 6.08 Å². The van der Waals surface area contributed by atoms with Crippen LogP contribution >= 0.6 is 0 Å². The predicted octanol–water partition coefficient (Wildman–Crippen LogP) is 3.11. The molecule has 5 nitrogen and oxygen atoms in total. The smallest absolute Gasteiger partial charge is 0.338 e. The number of esters is 1. The van der Waals surface area contributed by atoms with Gasteiger partial charge in [-0.05, 0) is 43.4 Å². The van der Waals surface area contributed by atoms with Gasteiger partial charge in [-0.25, -0.2) is 4.79 Å². The largest absolute Gasteiger partial charge is 0.454 e. The number of nitro groups is 1. The number of hydrogen-bond donors (Lipinski definition) is 0. The number of hydrogen-bond acceptors (Lipinski definition) is 4. The summed E-state index contributed by atoms with van der Waals surface area (Å²) in [5, 5.41) is 10.6. The van der Waals surface area contributed by atoms with Gasteiger partial charge in [0.05, 0.1) is 10.5 Å². The van der Waals surface area contributed by atoms with Gasteiger partial charge >= 0.3 is 5.97 Å². The highest BCUT2D eigenvalue weighted by Crippen LogP contribution is 2.39. The third kappa shape index (κ3) is 2.43. The molecule has 1 aromatic carbocycles. The lowest BCUT2D eigenvalue weighted by Gasteiger charge is -2.23. The number of allylic oxidation sites excluding steroid dienone is 1. The number of nitro benzene ring substituents is 1. The fourth-order valence-corrected chi connectivity index (χ4v) is 3.00. The minimum atomic E-state index is -0.488. The van der Waals surface area contributed by atoms with Crippen LogP contribution in [0.2, 0.25) is 0 Å². The van der Waals surface area contributed by atoms with E-state index in [9.17, 15) is 14.9 Å². The summed E-state index contributed by atoms with van der Waals surface area (Å²) >= 11 is 0. The Kier molecular flexibility index (Phi) is 3.26. The van der Waals surface area contributed by atoms with Gasteiger partial charge in [0.2, 0.25) is 0 Å². The number of fused-ring (bicyclic) bond motifs is 2. The summed E-state index contributed by atoms with van der Waals surface area (Å²) < 4.78 is 5.51. The molecule has 0 radical (unpaired) electrons. The molecule has 0 unspecified atom stereocenters. The van der Waals surface area contributed by atoms with Crippen molar-refractivity contribution < 1.29 is 14.5 Å². The lowest BCUT2D eigenvalue weighted by Crippen LogP contribution is -2.25. The van der Waals surface area contributed by atoms with E-state index in [-0.39, 0.29) is 11.8 Å². The maximum atomic E-state index is 12.0. The molecule has 0 spiro atoms. The molecule has 3 rings (SSSR count). The Balaban J connectivity index is 1.68. The number of non-ortho nitro benzene ring substituents is 1. The van der Waals surface area contributed by atoms with E-state index in [4.69, 9.17) is 4.74 Å². The Hall–Kier alpha value is -2.17. The molecule has 2 bridgehead atoms. The van der Waals surface area contributed by atoms with Gasteiger partial charge in [-0.15, -0.1) is 0 Å². The highest BCUT2D eigenvalue weighted by molar-refractivity contribution is 5.89. The van der Waals surface area contributed by atoms with Gasteiger partial charge in [0.25, 0.3) is 5.69 Å². The third-order valence-corrected chi connectivity index (χ3v) is 4.11. The van der Waals surface area contributed by atoms with Gasteiger partial charge < -0.3 is 4.74 Å². The maximum absolute atomic E-state index is 12.0. The molecule has 2 aliphatic carbocycles. The number of carbonyl (C=O) groups is 1. The fraction of sp³-hybridized carbons (Fsp3) is 0.400. The van der Waals surface area contributed by atoms with E-state index in [1.807, 2.05) is 6.08 Å². The summed E-state index contributed by atoms with van der Waals surface area (Å²) in [6.07, 6.45) is 7.32. The Morgan fingerprint density at radius 1 is 1.20 bits per heavy atom. The van der Waals surface area contributed by atoms with Crippen molar-refractivity contribution in [2.75, 3.05) is 0 Å². The molecule has 0 aliphatic heterocycles. The Morgan fingerprint density at radius 3 is 2.65 bits per heavy atom. The normalized spacial score (nSPS) is 27.3. The average Bonchev–Trinajstić information content (AvgIpc) is 2.85. The molecule has 0 amide bonds. The summed E-state index contributed by atoms with van der Waals surface area (Å²) in [5.41, 5.74) is 0.321. The van der Waals surface area contributed by atoms with Crippen molar-refractivity contribution in [3.63, 3.8) is 0 Å².